The Morgan fingerprint density at radius 3 is 2.55 bits per heavy atom. The van der Waals surface area contributed by atoms with Crippen molar-refractivity contribution in [1.82, 2.24) is 14.8 Å². The fourth-order valence-electron chi connectivity index (χ4n) is 2.31. The summed E-state index contributed by atoms with van der Waals surface area (Å²) in [6.45, 7) is 6.03. The van der Waals surface area contributed by atoms with Crippen molar-refractivity contribution in [1.29, 1.82) is 5.26 Å². The number of nitriles is 1. The van der Waals surface area contributed by atoms with Gasteiger partial charge in [0.2, 0.25) is 0 Å². The van der Waals surface area contributed by atoms with E-state index in [4.69, 9.17) is 0 Å². The van der Waals surface area contributed by atoms with E-state index in [0.717, 1.165) is 27.9 Å². The first-order valence-corrected chi connectivity index (χ1v) is 6.45. The van der Waals surface area contributed by atoms with Crippen molar-refractivity contribution in [3.63, 3.8) is 0 Å². The minimum Gasteiger partial charge on any atom is -0.229 e. The number of pyridine rings is 1. The molecule has 2 heterocycles. The van der Waals surface area contributed by atoms with Crippen LogP contribution in [0.2, 0.25) is 0 Å². The van der Waals surface area contributed by atoms with Crippen LogP contribution in [-0.4, -0.2) is 14.8 Å². The number of hydrogen-bond acceptors (Lipinski definition) is 3. The molecule has 0 unspecified atom stereocenters. The van der Waals surface area contributed by atoms with Crippen LogP contribution >= 0.6 is 0 Å². The molecule has 98 valence electrons. The number of aryl methyl sites for hydroxylation is 1. The summed E-state index contributed by atoms with van der Waals surface area (Å²) in [5.74, 6) is 0.689. The summed E-state index contributed by atoms with van der Waals surface area (Å²) in [5, 5.41) is 14.7. The quantitative estimate of drug-likeness (QED) is 0.676. The van der Waals surface area contributed by atoms with E-state index < -0.39 is 0 Å². The molecule has 4 heteroatoms. The molecular formula is C16H14N4. The third kappa shape index (κ3) is 1.76. The minimum absolute atomic E-state index is 0.621. The zero-order valence-corrected chi connectivity index (χ0v) is 11.7. The van der Waals surface area contributed by atoms with Gasteiger partial charge in [0.1, 0.15) is 0 Å². The fraction of sp³-hybridized carbons (Fsp3) is 0.188. The number of rotatable bonds is 1. The topological polar surface area (TPSA) is 54.5 Å². The summed E-state index contributed by atoms with van der Waals surface area (Å²) in [5.41, 5.74) is 4.62. The van der Waals surface area contributed by atoms with Gasteiger partial charge in [-0.25, -0.2) is 9.67 Å². The highest BCUT2D eigenvalue weighted by Gasteiger charge is 2.12. The number of hydrogen-bond donors (Lipinski definition) is 0. The molecule has 20 heavy (non-hydrogen) atoms. The normalized spacial score (nSPS) is 10.7. The monoisotopic (exact) mass is 262 g/mol. The van der Waals surface area contributed by atoms with Crippen molar-refractivity contribution < 1.29 is 0 Å². The van der Waals surface area contributed by atoms with Gasteiger partial charge in [0.05, 0.1) is 22.8 Å². The highest BCUT2D eigenvalue weighted by molar-refractivity contribution is 5.85. The van der Waals surface area contributed by atoms with Crippen LogP contribution in [0.4, 0.5) is 0 Å². The molecule has 1 aromatic carbocycles. The maximum Gasteiger partial charge on any atom is 0.155 e. The molecule has 0 spiro atoms. The number of nitrogens with zero attached hydrogens (tertiary/aromatic N) is 4. The van der Waals surface area contributed by atoms with E-state index >= 15 is 0 Å². The largest absolute Gasteiger partial charge is 0.229 e. The second-order valence-corrected chi connectivity index (χ2v) is 4.86. The molecule has 0 N–H and O–H groups in total. The van der Waals surface area contributed by atoms with E-state index in [0.29, 0.717) is 11.4 Å². The summed E-state index contributed by atoms with van der Waals surface area (Å²) in [6.07, 6.45) is 0. The van der Waals surface area contributed by atoms with Crippen molar-refractivity contribution >= 4 is 10.9 Å². The van der Waals surface area contributed by atoms with Crippen molar-refractivity contribution in [2.24, 2.45) is 0 Å². The number of benzene rings is 1. The van der Waals surface area contributed by atoms with Crippen LogP contribution in [0, 0.1) is 32.1 Å². The first-order valence-electron chi connectivity index (χ1n) is 6.45. The average Bonchev–Trinajstić information content (AvgIpc) is 2.73. The first kappa shape index (κ1) is 12.4. The Kier molecular flexibility index (Phi) is 2.76. The number of aromatic nitrogens is 3. The average molecular weight is 262 g/mol. The van der Waals surface area contributed by atoms with E-state index in [1.54, 1.807) is 10.7 Å². The Morgan fingerprint density at radius 2 is 1.90 bits per heavy atom. The zero-order valence-electron chi connectivity index (χ0n) is 11.7. The van der Waals surface area contributed by atoms with Crippen LogP contribution in [0.25, 0.3) is 16.7 Å². The van der Waals surface area contributed by atoms with Crippen molar-refractivity contribution in [3.8, 4) is 11.9 Å². The predicted molar refractivity (Wildman–Crippen MR) is 77.8 cm³/mol. The standard InChI is InChI=1S/C16H14N4/c1-10-11(2)19-20(12(10)3)16-8-13(9-17)14-6-4-5-7-15(14)18-16/h4-8H,1-3H3. The van der Waals surface area contributed by atoms with Gasteiger partial charge in [0, 0.05) is 17.1 Å². The van der Waals surface area contributed by atoms with E-state index in [-0.39, 0.29) is 0 Å². The Hall–Kier alpha value is -2.67. The highest BCUT2D eigenvalue weighted by Crippen LogP contribution is 2.21. The molecule has 0 saturated carbocycles. The van der Waals surface area contributed by atoms with Crippen LogP contribution in [0.15, 0.2) is 30.3 Å². The highest BCUT2D eigenvalue weighted by atomic mass is 15.3. The van der Waals surface area contributed by atoms with Gasteiger partial charge < -0.3 is 0 Å². The van der Waals surface area contributed by atoms with Gasteiger partial charge in [-0.3, -0.25) is 0 Å². The Balaban J connectivity index is 2.32. The molecule has 0 fully saturated rings. The second-order valence-electron chi connectivity index (χ2n) is 4.86. The van der Waals surface area contributed by atoms with Gasteiger partial charge in [-0.2, -0.15) is 10.4 Å². The maximum atomic E-state index is 9.33. The van der Waals surface area contributed by atoms with Gasteiger partial charge in [-0.05, 0) is 32.4 Å². The van der Waals surface area contributed by atoms with Crippen LogP contribution in [0.3, 0.4) is 0 Å². The second kappa shape index (κ2) is 4.46. The lowest BCUT2D eigenvalue weighted by molar-refractivity contribution is 0.810. The van der Waals surface area contributed by atoms with E-state index in [1.165, 1.54) is 0 Å². The summed E-state index contributed by atoms with van der Waals surface area (Å²) in [7, 11) is 0. The fourth-order valence-corrected chi connectivity index (χ4v) is 2.31. The van der Waals surface area contributed by atoms with Crippen LogP contribution in [0.1, 0.15) is 22.5 Å². The van der Waals surface area contributed by atoms with E-state index in [9.17, 15) is 5.26 Å². The maximum absolute atomic E-state index is 9.33. The third-order valence-electron chi connectivity index (χ3n) is 3.69. The summed E-state index contributed by atoms with van der Waals surface area (Å²) in [6, 6.07) is 11.7. The Bertz CT molecular complexity index is 853. The zero-order chi connectivity index (χ0) is 14.3. The summed E-state index contributed by atoms with van der Waals surface area (Å²) >= 11 is 0. The lowest BCUT2D eigenvalue weighted by Crippen LogP contribution is -2.03. The molecule has 0 radical (unpaired) electrons. The molecule has 0 aliphatic rings. The summed E-state index contributed by atoms with van der Waals surface area (Å²) < 4.78 is 1.80. The Morgan fingerprint density at radius 1 is 1.15 bits per heavy atom. The van der Waals surface area contributed by atoms with Gasteiger partial charge >= 0.3 is 0 Å². The SMILES string of the molecule is Cc1nn(-c2cc(C#N)c3ccccc3n2)c(C)c1C. The molecule has 0 aliphatic heterocycles. The van der Waals surface area contributed by atoms with Gasteiger partial charge in [0.15, 0.2) is 5.82 Å². The van der Waals surface area contributed by atoms with Crippen LogP contribution < -0.4 is 0 Å². The van der Waals surface area contributed by atoms with Crippen molar-refractivity contribution in [3.05, 3.63) is 52.8 Å². The number of para-hydroxylation sites is 1. The van der Waals surface area contributed by atoms with Crippen molar-refractivity contribution in [2.45, 2.75) is 20.8 Å². The van der Waals surface area contributed by atoms with Gasteiger partial charge in [0.25, 0.3) is 0 Å². The van der Waals surface area contributed by atoms with E-state index in [1.807, 2.05) is 45.0 Å². The number of fused-ring (bicyclic) bond motifs is 1. The Labute approximate surface area is 117 Å². The third-order valence-corrected chi connectivity index (χ3v) is 3.69. The molecule has 0 saturated heterocycles. The predicted octanol–water partition coefficient (Wildman–Crippen LogP) is 3.22. The molecule has 2 aromatic heterocycles. The summed E-state index contributed by atoms with van der Waals surface area (Å²) in [4.78, 5) is 4.62. The lowest BCUT2D eigenvalue weighted by Gasteiger charge is -2.07. The molecule has 3 aromatic rings. The molecule has 0 bridgehead atoms. The molecule has 0 amide bonds. The van der Waals surface area contributed by atoms with Gasteiger partial charge in [-0.1, -0.05) is 18.2 Å². The smallest absolute Gasteiger partial charge is 0.155 e. The molecule has 0 atom stereocenters. The first-order chi connectivity index (χ1) is 9.61. The van der Waals surface area contributed by atoms with Gasteiger partial charge in [-0.15, -0.1) is 0 Å². The molecule has 3 rings (SSSR count). The van der Waals surface area contributed by atoms with E-state index in [2.05, 4.69) is 16.2 Å². The molecular weight excluding hydrogens is 248 g/mol. The molecule has 0 aliphatic carbocycles. The van der Waals surface area contributed by atoms with Crippen LogP contribution in [-0.2, 0) is 0 Å². The van der Waals surface area contributed by atoms with Crippen molar-refractivity contribution in [2.75, 3.05) is 0 Å². The lowest BCUT2D eigenvalue weighted by atomic mass is 10.1. The minimum atomic E-state index is 0.621. The van der Waals surface area contributed by atoms with Crippen LogP contribution in [0.5, 0.6) is 0 Å². The molecule has 4 nitrogen and oxygen atoms in total.